The molecule has 0 aromatic carbocycles. The summed E-state index contributed by atoms with van der Waals surface area (Å²) in [5.74, 6) is -0.575. The van der Waals surface area contributed by atoms with Gasteiger partial charge in [-0.1, -0.05) is 252 Å². The van der Waals surface area contributed by atoms with Gasteiger partial charge in [0.25, 0.3) is 0 Å². The molecule has 51 heavy (non-hydrogen) atoms. The Kier molecular flexibility index (Phi) is 39.3. The van der Waals surface area contributed by atoms with Crippen LogP contribution in [-0.4, -0.2) is 11.8 Å². The second kappa shape index (κ2) is 40.1. The van der Waals surface area contributed by atoms with Crippen molar-refractivity contribution in [3.05, 3.63) is 0 Å². The van der Waals surface area contributed by atoms with E-state index in [1.165, 1.54) is 218 Å². The third-order valence-corrected chi connectivity index (χ3v) is 11.9. The van der Waals surface area contributed by atoms with Crippen molar-refractivity contribution in [1.29, 1.82) is 0 Å². The van der Waals surface area contributed by atoms with E-state index in [1.807, 2.05) is 0 Å². The molecule has 0 aromatic heterocycles. The molecule has 0 heterocycles. The predicted octanol–water partition coefficient (Wildman–Crippen LogP) is 15.1. The van der Waals surface area contributed by atoms with Gasteiger partial charge >= 0.3 is 0 Å². The minimum Gasteiger partial charge on any atom is -0.369 e. The van der Waals surface area contributed by atoms with E-state index in [-0.39, 0.29) is 29.6 Å². The van der Waals surface area contributed by atoms with Gasteiger partial charge in [0, 0.05) is 11.8 Å². The molecule has 0 saturated heterocycles. The number of amides is 2. The maximum atomic E-state index is 12.3. The number of hydrogen-bond donors (Lipinski definition) is 2. The molecule has 4 nitrogen and oxygen atoms in total. The van der Waals surface area contributed by atoms with Crippen LogP contribution in [0.3, 0.4) is 0 Å². The lowest BCUT2D eigenvalue weighted by molar-refractivity contribution is -0.126. The van der Waals surface area contributed by atoms with Crippen LogP contribution >= 0.6 is 0 Å². The smallest absolute Gasteiger partial charge is 0.220 e. The van der Waals surface area contributed by atoms with Crippen molar-refractivity contribution in [3.63, 3.8) is 0 Å². The summed E-state index contributed by atoms with van der Waals surface area (Å²) in [5.41, 5.74) is 11.7. The van der Waals surface area contributed by atoms with Gasteiger partial charge in [-0.05, 0) is 25.2 Å². The van der Waals surface area contributed by atoms with Crippen LogP contribution in [0.25, 0.3) is 0 Å². The quantitative estimate of drug-likeness (QED) is 0.0615. The summed E-state index contributed by atoms with van der Waals surface area (Å²) in [6, 6.07) is 0. The van der Waals surface area contributed by atoms with E-state index in [0.29, 0.717) is 6.42 Å². The molecule has 2 amide bonds. The van der Waals surface area contributed by atoms with Crippen LogP contribution in [0.5, 0.6) is 0 Å². The van der Waals surface area contributed by atoms with Crippen LogP contribution in [0.2, 0.25) is 0 Å². The molecule has 0 spiro atoms. The van der Waals surface area contributed by atoms with E-state index < -0.39 is 0 Å². The zero-order valence-electron chi connectivity index (χ0n) is 35.3. The molecule has 0 aliphatic carbocycles. The van der Waals surface area contributed by atoms with Crippen LogP contribution in [0, 0.1) is 17.8 Å². The van der Waals surface area contributed by atoms with Crippen LogP contribution in [0.4, 0.5) is 0 Å². The lowest BCUT2D eigenvalue weighted by Crippen LogP contribution is -2.32. The van der Waals surface area contributed by atoms with Crippen molar-refractivity contribution in [2.75, 3.05) is 0 Å². The molecule has 0 rings (SSSR count). The first-order chi connectivity index (χ1) is 24.9. The Bertz CT molecular complexity index is 725. The third kappa shape index (κ3) is 35.7. The maximum absolute atomic E-state index is 12.3. The molecule has 0 saturated carbocycles. The molecule has 0 aliphatic heterocycles. The molecule has 4 N–H and O–H groups in total. The van der Waals surface area contributed by atoms with Gasteiger partial charge in [0.2, 0.25) is 11.8 Å². The molecule has 3 unspecified atom stereocenters. The number of nitrogens with two attached hydrogens (primary N) is 2. The van der Waals surface area contributed by atoms with E-state index in [9.17, 15) is 9.59 Å². The number of hydrogen-bond acceptors (Lipinski definition) is 2. The number of primary amides is 2. The highest BCUT2D eigenvalue weighted by Gasteiger charge is 2.27. The van der Waals surface area contributed by atoms with Gasteiger partial charge in [0.1, 0.15) is 0 Å². The summed E-state index contributed by atoms with van der Waals surface area (Å²) in [5, 5.41) is 0. The van der Waals surface area contributed by atoms with Crippen LogP contribution in [0.1, 0.15) is 271 Å². The highest BCUT2D eigenvalue weighted by atomic mass is 16.1. The third-order valence-electron chi connectivity index (χ3n) is 11.9. The lowest BCUT2D eigenvalue weighted by Gasteiger charge is -2.24. The molecule has 0 aromatic rings. The number of rotatable bonds is 43. The Labute approximate surface area is 321 Å². The molecule has 0 radical (unpaired) electrons. The summed E-state index contributed by atoms with van der Waals surface area (Å²) in [6.07, 6.45) is 51.4. The van der Waals surface area contributed by atoms with Gasteiger partial charge in [-0.15, -0.1) is 0 Å². The monoisotopic (exact) mass is 719 g/mol. The SMILES string of the molecule is CCCCCCCCCCCCCCCCCCCCC(CC(C)C(CCCCCCCCCCCCCCCCCCCC)C(N)=O)C(N)=O. The first-order valence-electron chi connectivity index (χ1n) is 23.5. The average Bonchev–Trinajstić information content (AvgIpc) is 3.11. The Morgan fingerprint density at radius 2 is 0.588 bits per heavy atom. The molecule has 0 aliphatic rings. The van der Waals surface area contributed by atoms with Gasteiger partial charge in [0.05, 0.1) is 0 Å². The molecule has 0 fully saturated rings. The van der Waals surface area contributed by atoms with E-state index in [2.05, 4.69) is 20.8 Å². The van der Waals surface area contributed by atoms with Crippen molar-refractivity contribution in [1.82, 2.24) is 0 Å². The zero-order chi connectivity index (χ0) is 37.5. The Hall–Kier alpha value is -1.06. The fraction of sp³-hybridized carbons (Fsp3) is 0.957. The van der Waals surface area contributed by atoms with E-state index in [1.54, 1.807) is 0 Å². The van der Waals surface area contributed by atoms with Crippen LogP contribution in [0.15, 0.2) is 0 Å². The summed E-state index contributed by atoms with van der Waals surface area (Å²) >= 11 is 0. The highest BCUT2D eigenvalue weighted by molar-refractivity contribution is 5.78. The predicted molar refractivity (Wildman–Crippen MR) is 226 cm³/mol. The fourth-order valence-electron chi connectivity index (χ4n) is 8.25. The second-order valence-corrected chi connectivity index (χ2v) is 16.9. The minimum atomic E-state index is -0.204. The topological polar surface area (TPSA) is 86.2 Å². The number of unbranched alkanes of at least 4 members (excludes halogenated alkanes) is 34. The van der Waals surface area contributed by atoms with Gasteiger partial charge < -0.3 is 11.5 Å². The van der Waals surface area contributed by atoms with E-state index in [0.717, 1.165) is 25.7 Å². The summed E-state index contributed by atoms with van der Waals surface area (Å²) in [6.45, 7) is 6.69. The van der Waals surface area contributed by atoms with Crippen molar-refractivity contribution in [2.45, 2.75) is 271 Å². The van der Waals surface area contributed by atoms with Gasteiger partial charge in [-0.3, -0.25) is 9.59 Å². The molecular formula is C47H94N2O2. The Morgan fingerprint density at radius 1 is 0.353 bits per heavy atom. The summed E-state index contributed by atoms with van der Waals surface area (Å²) in [4.78, 5) is 24.6. The average molecular weight is 719 g/mol. The summed E-state index contributed by atoms with van der Waals surface area (Å²) < 4.78 is 0. The van der Waals surface area contributed by atoms with Crippen molar-refractivity contribution >= 4 is 11.8 Å². The zero-order valence-corrected chi connectivity index (χ0v) is 35.3. The molecule has 0 bridgehead atoms. The lowest BCUT2D eigenvalue weighted by atomic mass is 9.80. The highest BCUT2D eigenvalue weighted by Crippen LogP contribution is 2.28. The fourth-order valence-corrected chi connectivity index (χ4v) is 8.25. The van der Waals surface area contributed by atoms with E-state index >= 15 is 0 Å². The van der Waals surface area contributed by atoms with Gasteiger partial charge in [0.15, 0.2) is 0 Å². The maximum Gasteiger partial charge on any atom is 0.220 e. The molecule has 304 valence electrons. The van der Waals surface area contributed by atoms with Crippen molar-refractivity contribution < 1.29 is 9.59 Å². The van der Waals surface area contributed by atoms with Crippen LogP contribution < -0.4 is 11.5 Å². The first kappa shape index (κ1) is 49.9. The molecule has 4 heteroatoms. The van der Waals surface area contributed by atoms with Crippen LogP contribution in [-0.2, 0) is 9.59 Å². The van der Waals surface area contributed by atoms with Crippen molar-refractivity contribution in [3.8, 4) is 0 Å². The molecule has 3 atom stereocenters. The Morgan fingerprint density at radius 3 is 0.824 bits per heavy atom. The largest absolute Gasteiger partial charge is 0.369 e. The normalized spacial score (nSPS) is 13.4. The number of carbonyl (C=O) groups is 2. The Balaban J connectivity index is 3.79. The van der Waals surface area contributed by atoms with Gasteiger partial charge in [-0.2, -0.15) is 0 Å². The number of carbonyl (C=O) groups excluding carboxylic acids is 2. The van der Waals surface area contributed by atoms with Crippen molar-refractivity contribution in [2.24, 2.45) is 29.2 Å². The second-order valence-electron chi connectivity index (χ2n) is 16.9. The summed E-state index contributed by atoms with van der Waals surface area (Å²) in [7, 11) is 0. The van der Waals surface area contributed by atoms with E-state index in [4.69, 9.17) is 11.5 Å². The standard InChI is InChI=1S/C47H94N2O2/c1-4-6-8-10-12-14-16-18-20-22-24-26-28-30-32-34-36-38-40-44(46(48)50)42-43(3)45(47(49)51)41-39-37-35-33-31-29-27-25-23-21-19-17-15-13-11-9-7-5-2/h43-45H,4-42H2,1-3H3,(H2,48,50)(H2,49,51). The minimum absolute atomic E-state index is 0.112. The van der Waals surface area contributed by atoms with Gasteiger partial charge in [-0.25, -0.2) is 0 Å². The molecular weight excluding hydrogens is 625 g/mol. The first-order valence-corrected chi connectivity index (χ1v) is 23.5.